The lowest BCUT2D eigenvalue weighted by molar-refractivity contribution is 0.0697. The van der Waals surface area contributed by atoms with Crippen molar-refractivity contribution in [2.24, 2.45) is 10.2 Å². The van der Waals surface area contributed by atoms with Gasteiger partial charge in [-0.25, -0.2) is 4.79 Å². The molecule has 0 bridgehead atoms. The van der Waals surface area contributed by atoms with E-state index in [9.17, 15) is 22.9 Å². The molecule has 144 valence electrons. The van der Waals surface area contributed by atoms with Gasteiger partial charge in [-0.15, -0.1) is 10.2 Å². The molecular formula is C21H14N2O5S. The summed E-state index contributed by atoms with van der Waals surface area (Å²) in [4.78, 5) is 11.1. The molecule has 0 amide bonds. The highest BCUT2D eigenvalue weighted by molar-refractivity contribution is 7.86. The van der Waals surface area contributed by atoms with E-state index in [1.807, 2.05) is 0 Å². The Morgan fingerprint density at radius 1 is 0.759 bits per heavy atom. The minimum absolute atomic E-state index is 0.0335. The molecule has 0 heterocycles. The molecule has 0 saturated heterocycles. The summed E-state index contributed by atoms with van der Waals surface area (Å²) in [6.07, 6.45) is 0. The van der Waals surface area contributed by atoms with Crippen LogP contribution in [-0.4, -0.2) is 24.0 Å². The molecule has 0 fully saturated rings. The highest BCUT2D eigenvalue weighted by Crippen LogP contribution is 2.35. The fourth-order valence-corrected chi connectivity index (χ4v) is 4.02. The van der Waals surface area contributed by atoms with E-state index in [4.69, 9.17) is 0 Å². The van der Waals surface area contributed by atoms with E-state index < -0.39 is 16.1 Å². The fraction of sp³-hybridized carbons (Fsp3) is 0. The number of carbonyl (C=O) groups is 1. The van der Waals surface area contributed by atoms with Gasteiger partial charge in [0.1, 0.15) is 10.6 Å². The SMILES string of the molecule is O=C(O)c1cc(N=Nc2ccc3ccccc3c2S(=O)(=O)O)c2ccccc2c1. The summed E-state index contributed by atoms with van der Waals surface area (Å²) in [5, 5.41) is 19.8. The molecule has 0 aliphatic rings. The number of azo groups is 1. The molecular weight excluding hydrogens is 392 g/mol. The quantitative estimate of drug-likeness (QED) is 0.350. The molecule has 0 saturated carbocycles. The van der Waals surface area contributed by atoms with Gasteiger partial charge < -0.3 is 5.11 Å². The molecule has 0 aliphatic carbocycles. The zero-order valence-electron chi connectivity index (χ0n) is 14.9. The Labute approximate surface area is 165 Å². The lowest BCUT2D eigenvalue weighted by Crippen LogP contribution is -1.99. The maximum atomic E-state index is 12.0. The summed E-state index contributed by atoms with van der Waals surface area (Å²) in [6, 6.07) is 19.8. The minimum atomic E-state index is -4.58. The summed E-state index contributed by atoms with van der Waals surface area (Å²) in [5.74, 6) is -1.11. The largest absolute Gasteiger partial charge is 0.478 e. The third-order valence-corrected chi connectivity index (χ3v) is 5.41. The second-order valence-corrected chi connectivity index (χ2v) is 7.69. The Hall–Kier alpha value is -3.62. The Morgan fingerprint density at radius 2 is 1.38 bits per heavy atom. The summed E-state index contributed by atoms with van der Waals surface area (Å²) >= 11 is 0. The van der Waals surface area contributed by atoms with Crippen molar-refractivity contribution >= 4 is 49.0 Å². The zero-order valence-corrected chi connectivity index (χ0v) is 15.7. The van der Waals surface area contributed by atoms with Gasteiger partial charge in [-0.2, -0.15) is 8.42 Å². The lowest BCUT2D eigenvalue weighted by atomic mass is 10.1. The van der Waals surface area contributed by atoms with E-state index in [0.717, 1.165) is 0 Å². The van der Waals surface area contributed by atoms with Crippen molar-refractivity contribution in [3.05, 3.63) is 78.4 Å². The second-order valence-electron chi connectivity index (χ2n) is 6.33. The molecule has 0 aliphatic heterocycles. The van der Waals surface area contributed by atoms with Gasteiger partial charge in [-0.3, -0.25) is 4.55 Å². The van der Waals surface area contributed by atoms with E-state index >= 15 is 0 Å². The van der Waals surface area contributed by atoms with Crippen LogP contribution in [0.5, 0.6) is 0 Å². The van der Waals surface area contributed by atoms with E-state index in [1.165, 1.54) is 18.2 Å². The molecule has 7 nitrogen and oxygen atoms in total. The van der Waals surface area contributed by atoms with E-state index in [-0.39, 0.29) is 21.8 Å². The van der Waals surface area contributed by atoms with Crippen LogP contribution in [0.1, 0.15) is 10.4 Å². The van der Waals surface area contributed by atoms with Crippen LogP contribution in [0.2, 0.25) is 0 Å². The average molecular weight is 406 g/mol. The van der Waals surface area contributed by atoms with Gasteiger partial charge in [0, 0.05) is 10.8 Å². The van der Waals surface area contributed by atoms with Gasteiger partial charge in [0.2, 0.25) is 0 Å². The summed E-state index contributed by atoms with van der Waals surface area (Å²) in [7, 11) is -4.58. The zero-order chi connectivity index (χ0) is 20.6. The van der Waals surface area contributed by atoms with Crippen LogP contribution in [0.3, 0.4) is 0 Å². The maximum Gasteiger partial charge on any atom is 0.335 e. The number of carboxylic acid groups (broad SMARTS) is 1. The molecule has 4 aromatic carbocycles. The molecule has 4 rings (SSSR count). The third-order valence-electron chi connectivity index (χ3n) is 4.47. The van der Waals surface area contributed by atoms with Gasteiger partial charge in [0.25, 0.3) is 10.1 Å². The molecule has 8 heteroatoms. The maximum absolute atomic E-state index is 12.0. The number of benzene rings is 4. The number of fused-ring (bicyclic) bond motifs is 2. The Morgan fingerprint density at radius 3 is 2.07 bits per heavy atom. The van der Waals surface area contributed by atoms with Crippen LogP contribution in [0.25, 0.3) is 21.5 Å². The van der Waals surface area contributed by atoms with Crippen LogP contribution < -0.4 is 0 Å². The summed E-state index contributed by atoms with van der Waals surface area (Å²) < 4.78 is 33.8. The topological polar surface area (TPSA) is 116 Å². The lowest BCUT2D eigenvalue weighted by Gasteiger charge is -2.07. The number of nitrogens with zero attached hydrogens (tertiary/aromatic N) is 2. The first kappa shape index (κ1) is 18.7. The van der Waals surface area contributed by atoms with Crippen LogP contribution in [0.15, 0.2) is 87.9 Å². The first-order valence-corrected chi connectivity index (χ1v) is 9.96. The molecule has 29 heavy (non-hydrogen) atoms. The number of aromatic carboxylic acids is 1. The Kier molecular flexibility index (Phi) is 4.57. The van der Waals surface area contributed by atoms with Crippen molar-refractivity contribution in [2.45, 2.75) is 4.90 Å². The van der Waals surface area contributed by atoms with Gasteiger partial charge in [-0.05, 0) is 29.0 Å². The molecule has 0 radical (unpaired) electrons. The average Bonchev–Trinajstić information content (AvgIpc) is 2.70. The van der Waals surface area contributed by atoms with Crippen LogP contribution in [-0.2, 0) is 10.1 Å². The highest BCUT2D eigenvalue weighted by Gasteiger charge is 2.19. The van der Waals surface area contributed by atoms with Gasteiger partial charge in [0.15, 0.2) is 0 Å². The van der Waals surface area contributed by atoms with Crippen molar-refractivity contribution in [2.75, 3.05) is 0 Å². The van der Waals surface area contributed by atoms with Gasteiger partial charge in [0.05, 0.1) is 11.3 Å². The summed E-state index contributed by atoms with van der Waals surface area (Å²) in [6.45, 7) is 0. The van der Waals surface area contributed by atoms with Crippen LogP contribution in [0, 0.1) is 0 Å². The molecule has 4 aromatic rings. The number of hydrogen-bond donors (Lipinski definition) is 2. The fourth-order valence-electron chi connectivity index (χ4n) is 3.19. The monoisotopic (exact) mass is 406 g/mol. The van der Waals surface area contributed by atoms with Gasteiger partial charge >= 0.3 is 5.97 Å². The predicted octanol–water partition coefficient (Wildman–Crippen LogP) is 5.35. The molecule has 0 spiro atoms. The molecule has 2 N–H and O–H groups in total. The van der Waals surface area contributed by atoms with Crippen LogP contribution >= 0.6 is 0 Å². The van der Waals surface area contributed by atoms with Crippen molar-refractivity contribution in [1.29, 1.82) is 0 Å². The predicted molar refractivity (Wildman–Crippen MR) is 109 cm³/mol. The van der Waals surface area contributed by atoms with E-state index in [1.54, 1.807) is 54.6 Å². The Bertz CT molecular complexity index is 1410. The highest BCUT2D eigenvalue weighted by atomic mass is 32.2. The second kappa shape index (κ2) is 7.08. The third kappa shape index (κ3) is 3.58. The minimum Gasteiger partial charge on any atom is -0.478 e. The van der Waals surface area contributed by atoms with Crippen molar-refractivity contribution in [1.82, 2.24) is 0 Å². The number of rotatable bonds is 4. The first-order chi connectivity index (χ1) is 13.8. The van der Waals surface area contributed by atoms with Gasteiger partial charge in [-0.1, -0.05) is 54.6 Å². The van der Waals surface area contributed by atoms with E-state index in [0.29, 0.717) is 21.5 Å². The number of hydrogen-bond acceptors (Lipinski definition) is 5. The molecule has 0 unspecified atom stereocenters. The standard InChI is InChI=1S/C21H14N2O5S/c24-21(25)15-11-14-6-2-3-7-16(14)19(12-15)23-22-18-10-9-13-5-1-4-8-17(13)20(18)29(26,27)28/h1-12H,(H,24,25)(H,26,27,28). The summed E-state index contributed by atoms with van der Waals surface area (Å²) in [5.41, 5.74) is 0.261. The number of carboxylic acids is 1. The van der Waals surface area contributed by atoms with Crippen LogP contribution in [0.4, 0.5) is 11.4 Å². The Balaban J connectivity index is 1.93. The van der Waals surface area contributed by atoms with Crippen molar-refractivity contribution < 1.29 is 22.9 Å². The normalized spacial score (nSPS) is 12.0. The molecule has 0 atom stereocenters. The molecule has 0 aromatic heterocycles. The van der Waals surface area contributed by atoms with Crippen molar-refractivity contribution in [3.8, 4) is 0 Å². The van der Waals surface area contributed by atoms with Crippen molar-refractivity contribution in [3.63, 3.8) is 0 Å². The smallest absolute Gasteiger partial charge is 0.335 e. The van der Waals surface area contributed by atoms with E-state index in [2.05, 4.69) is 10.2 Å². The first-order valence-electron chi connectivity index (χ1n) is 8.52.